The summed E-state index contributed by atoms with van der Waals surface area (Å²) in [6.45, 7) is 3.79. The van der Waals surface area contributed by atoms with Crippen LogP contribution in [0.1, 0.15) is 34.6 Å². The van der Waals surface area contributed by atoms with E-state index in [1.54, 1.807) is 24.1 Å². The van der Waals surface area contributed by atoms with Crippen LogP contribution in [0.5, 0.6) is 5.75 Å². The molecule has 1 atom stereocenters. The molecule has 0 aliphatic carbocycles. The van der Waals surface area contributed by atoms with Gasteiger partial charge in [0.15, 0.2) is 0 Å². The van der Waals surface area contributed by atoms with E-state index in [-0.39, 0.29) is 11.6 Å². The number of H-pyrrole nitrogens is 1. The predicted molar refractivity (Wildman–Crippen MR) is 103 cm³/mol. The second-order valence-corrected chi connectivity index (χ2v) is 6.35. The Morgan fingerprint density at radius 2 is 2.07 bits per heavy atom. The molecule has 1 unspecified atom stereocenters. The number of amides is 1. The number of methoxy groups -OCH3 is 1. The first kappa shape index (κ1) is 18.4. The van der Waals surface area contributed by atoms with E-state index >= 15 is 0 Å². The highest BCUT2D eigenvalue weighted by molar-refractivity contribution is 5.94. The molecule has 0 saturated heterocycles. The van der Waals surface area contributed by atoms with Gasteiger partial charge in [-0.1, -0.05) is 12.1 Å². The normalized spacial score (nSPS) is 11.9. The van der Waals surface area contributed by atoms with E-state index in [4.69, 9.17) is 4.74 Å². The molecule has 3 aromatic rings. The van der Waals surface area contributed by atoms with Crippen molar-refractivity contribution in [3.05, 3.63) is 69.8 Å². The van der Waals surface area contributed by atoms with Crippen LogP contribution < -0.4 is 15.6 Å². The highest BCUT2D eigenvalue weighted by atomic mass is 16.5. The third-order valence-corrected chi connectivity index (χ3v) is 4.62. The number of carbonyl (C=O) groups is 1. The lowest BCUT2D eigenvalue weighted by Gasteiger charge is -2.13. The first-order valence-electron chi connectivity index (χ1n) is 8.58. The fourth-order valence-corrected chi connectivity index (χ4v) is 2.90. The van der Waals surface area contributed by atoms with Gasteiger partial charge in [-0.2, -0.15) is 5.10 Å². The van der Waals surface area contributed by atoms with E-state index in [9.17, 15) is 9.59 Å². The van der Waals surface area contributed by atoms with Crippen LogP contribution in [0.3, 0.4) is 0 Å². The first-order chi connectivity index (χ1) is 12.9. The Labute approximate surface area is 157 Å². The largest absolute Gasteiger partial charge is 0.497 e. The van der Waals surface area contributed by atoms with E-state index in [2.05, 4.69) is 15.4 Å². The van der Waals surface area contributed by atoms with Gasteiger partial charge >= 0.3 is 0 Å². The molecule has 2 heterocycles. The number of rotatable bonds is 5. The molecule has 0 saturated carbocycles. The topological polar surface area (TPSA) is 89.0 Å². The summed E-state index contributed by atoms with van der Waals surface area (Å²) in [6.07, 6.45) is 1.72. The molecule has 27 heavy (non-hydrogen) atoms. The number of hydrogen-bond donors (Lipinski definition) is 2. The fraction of sp³-hybridized carbons (Fsp3) is 0.250. The Balaban J connectivity index is 1.82. The number of pyridine rings is 1. The van der Waals surface area contributed by atoms with Crippen molar-refractivity contribution < 1.29 is 9.53 Å². The number of nitrogens with zero attached hydrogens (tertiary/aromatic N) is 2. The van der Waals surface area contributed by atoms with Crippen LogP contribution in [0.2, 0.25) is 0 Å². The van der Waals surface area contributed by atoms with Crippen molar-refractivity contribution >= 4 is 5.91 Å². The maximum absolute atomic E-state index is 12.5. The first-order valence-corrected chi connectivity index (χ1v) is 8.58. The molecule has 0 aliphatic rings. The Kier molecular flexibility index (Phi) is 5.12. The molecule has 3 rings (SSSR count). The molecule has 0 fully saturated rings. The maximum atomic E-state index is 12.5. The van der Waals surface area contributed by atoms with Crippen molar-refractivity contribution in [2.24, 2.45) is 7.05 Å². The van der Waals surface area contributed by atoms with Crippen LogP contribution in [-0.2, 0) is 7.05 Å². The Morgan fingerprint density at radius 1 is 1.30 bits per heavy atom. The average molecular weight is 366 g/mol. The van der Waals surface area contributed by atoms with Crippen LogP contribution in [0, 0.1) is 6.92 Å². The van der Waals surface area contributed by atoms with E-state index < -0.39 is 11.5 Å². The summed E-state index contributed by atoms with van der Waals surface area (Å²) in [4.78, 5) is 27.7. The van der Waals surface area contributed by atoms with Gasteiger partial charge in [0.1, 0.15) is 11.3 Å². The zero-order valence-electron chi connectivity index (χ0n) is 15.7. The number of aryl methyl sites for hydroxylation is 1. The number of hydrogen-bond acceptors (Lipinski definition) is 4. The number of carbonyl (C=O) groups excluding carboxylic acids is 1. The third-order valence-electron chi connectivity index (χ3n) is 4.62. The van der Waals surface area contributed by atoms with Gasteiger partial charge in [0.05, 0.1) is 19.3 Å². The summed E-state index contributed by atoms with van der Waals surface area (Å²) in [6, 6.07) is 10.3. The van der Waals surface area contributed by atoms with Gasteiger partial charge in [-0.3, -0.25) is 14.3 Å². The van der Waals surface area contributed by atoms with Crippen molar-refractivity contribution in [3.8, 4) is 17.0 Å². The molecule has 0 spiro atoms. The lowest BCUT2D eigenvalue weighted by atomic mass is 10.1. The van der Waals surface area contributed by atoms with Gasteiger partial charge in [-0.25, -0.2) is 0 Å². The van der Waals surface area contributed by atoms with E-state index in [0.717, 1.165) is 16.8 Å². The summed E-state index contributed by atoms with van der Waals surface area (Å²) < 4.78 is 6.95. The molecule has 1 aromatic carbocycles. The Hall–Kier alpha value is -3.35. The molecule has 2 N–H and O–H groups in total. The zero-order chi connectivity index (χ0) is 19.6. The van der Waals surface area contributed by atoms with E-state index in [0.29, 0.717) is 11.4 Å². The second kappa shape index (κ2) is 7.49. The Morgan fingerprint density at radius 3 is 2.70 bits per heavy atom. The highest BCUT2D eigenvalue weighted by Crippen LogP contribution is 2.21. The monoisotopic (exact) mass is 366 g/mol. The molecule has 0 aliphatic heterocycles. The van der Waals surface area contributed by atoms with Crippen LogP contribution >= 0.6 is 0 Å². The quantitative estimate of drug-likeness (QED) is 0.726. The molecule has 7 nitrogen and oxygen atoms in total. The molecule has 0 bridgehead atoms. The smallest absolute Gasteiger partial charge is 0.261 e. The predicted octanol–water partition coefficient (Wildman–Crippen LogP) is 2.58. The zero-order valence-corrected chi connectivity index (χ0v) is 15.7. The highest BCUT2D eigenvalue weighted by Gasteiger charge is 2.18. The van der Waals surface area contributed by atoms with Crippen molar-refractivity contribution in [2.75, 3.05) is 7.11 Å². The molecular formula is C20H22N4O3. The number of ether oxygens (including phenoxy) is 1. The van der Waals surface area contributed by atoms with Crippen molar-refractivity contribution in [1.29, 1.82) is 0 Å². The average Bonchev–Trinajstić information content (AvgIpc) is 3.00. The van der Waals surface area contributed by atoms with Crippen LogP contribution in [0.4, 0.5) is 0 Å². The number of aromatic amines is 1. The van der Waals surface area contributed by atoms with E-state index in [1.807, 2.05) is 45.2 Å². The maximum Gasteiger partial charge on any atom is 0.261 e. The lowest BCUT2D eigenvalue weighted by Crippen LogP contribution is -2.31. The molecular weight excluding hydrogens is 344 g/mol. The van der Waals surface area contributed by atoms with Gasteiger partial charge in [-0.05, 0) is 38.1 Å². The molecule has 2 aromatic heterocycles. The second-order valence-electron chi connectivity index (χ2n) is 6.35. The van der Waals surface area contributed by atoms with Gasteiger partial charge in [0.25, 0.3) is 11.5 Å². The molecule has 1 amide bonds. The Bertz CT molecular complexity index is 1040. The third kappa shape index (κ3) is 3.76. The van der Waals surface area contributed by atoms with Gasteiger partial charge in [0.2, 0.25) is 0 Å². The van der Waals surface area contributed by atoms with Gasteiger partial charge in [0, 0.05) is 29.6 Å². The summed E-state index contributed by atoms with van der Waals surface area (Å²) in [7, 11) is 3.43. The summed E-state index contributed by atoms with van der Waals surface area (Å²) in [5.41, 5.74) is 2.92. The van der Waals surface area contributed by atoms with Crippen LogP contribution in [0.15, 0.2) is 47.4 Å². The summed E-state index contributed by atoms with van der Waals surface area (Å²) >= 11 is 0. The van der Waals surface area contributed by atoms with Crippen LogP contribution in [0.25, 0.3) is 11.3 Å². The molecule has 0 radical (unpaired) electrons. The minimum absolute atomic E-state index is 0.0649. The number of nitrogens with one attached hydrogen (secondary N) is 2. The summed E-state index contributed by atoms with van der Waals surface area (Å²) in [5, 5.41) is 7.03. The minimum Gasteiger partial charge on any atom is -0.497 e. The van der Waals surface area contributed by atoms with Gasteiger partial charge < -0.3 is 15.0 Å². The fourth-order valence-electron chi connectivity index (χ4n) is 2.90. The lowest BCUT2D eigenvalue weighted by molar-refractivity contribution is 0.0938. The molecule has 140 valence electrons. The van der Waals surface area contributed by atoms with E-state index in [1.165, 1.54) is 6.07 Å². The van der Waals surface area contributed by atoms with Gasteiger partial charge in [-0.15, -0.1) is 0 Å². The van der Waals surface area contributed by atoms with Crippen LogP contribution in [-0.4, -0.2) is 27.8 Å². The minimum atomic E-state index is -0.442. The SMILES string of the molecule is COc1cccc(-c2ccc(C(=O)NC(C)c3cnn(C)c3C)c(=O)[nH]2)c1. The summed E-state index contributed by atoms with van der Waals surface area (Å²) in [5.74, 6) is 0.264. The molecule has 7 heteroatoms. The van der Waals surface area contributed by atoms with Crippen molar-refractivity contribution in [2.45, 2.75) is 19.9 Å². The standard InChI is InChI=1S/C20H22N4O3/c1-12(17-11-21-24(3)13(17)2)22-19(25)16-8-9-18(23-20(16)26)14-6-5-7-15(10-14)27-4/h5-12H,1-4H3,(H,22,25)(H,23,26). The number of aromatic nitrogens is 3. The van der Waals surface area contributed by atoms with Crippen molar-refractivity contribution in [3.63, 3.8) is 0 Å². The number of benzene rings is 1. The van der Waals surface area contributed by atoms with Crippen molar-refractivity contribution in [1.82, 2.24) is 20.1 Å².